The van der Waals surface area contributed by atoms with E-state index in [1.54, 1.807) is 25.3 Å². The highest BCUT2D eigenvalue weighted by Crippen LogP contribution is 2.23. The molecule has 0 aliphatic rings. The first-order chi connectivity index (χ1) is 10.9. The lowest BCUT2D eigenvalue weighted by Gasteiger charge is -2.10. The summed E-state index contributed by atoms with van der Waals surface area (Å²) in [6.07, 6.45) is 0. The molecular weight excluding hydrogens is 308 g/mol. The number of ether oxygens (including phenoxy) is 1. The van der Waals surface area contributed by atoms with E-state index in [0.717, 1.165) is 11.1 Å². The number of aryl methyl sites for hydroxylation is 2. The Morgan fingerprint density at radius 1 is 1.04 bits per heavy atom. The van der Waals surface area contributed by atoms with Crippen LogP contribution in [0.3, 0.4) is 0 Å². The molecule has 0 saturated carbocycles. The van der Waals surface area contributed by atoms with Gasteiger partial charge in [-0.05, 0) is 44.5 Å². The molecule has 0 saturated heterocycles. The van der Waals surface area contributed by atoms with E-state index in [2.05, 4.69) is 18.2 Å². The van der Waals surface area contributed by atoms with E-state index >= 15 is 0 Å². The molecule has 2 aromatic rings. The first kappa shape index (κ1) is 17.4. The maximum absolute atomic E-state index is 12.5. The molecule has 0 radical (unpaired) electrons. The summed E-state index contributed by atoms with van der Waals surface area (Å²) in [4.78, 5) is 11.5. The van der Waals surface area contributed by atoms with Crippen molar-refractivity contribution < 1.29 is 13.7 Å². The molecule has 0 aliphatic heterocycles. The van der Waals surface area contributed by atoms with Gasteiger partial charge in [0.1, 0.15) is 5.75 Å². The number of hydrogen-bond acceptors (Lipinski definition) is 3. The quantitative estimate of drug-likeness (QED) is 0.753. The van der Waals surface area contributed by atoms with Crippen LogP contribution in [0.2, 0.25) is 0 Å². The van der Waals surface area contributed by atoms with Crippen molar-refractivity contribution in [2.75, 3.05) is 7.11 Å². The van der Waals surface area contributed by atoms with E-state index in [0.29, 0.717) is 22.8 Å². The fourth-order valence-electron chi connectivity index (χ4n) is 2.67. The molecule has 0 aliphatic carbocycles. The minimum Gasteiger partial charge on any atom is -0.496 e. The molecule has 2 rings (SSSR count). The second-order valence-corrected chi connectivity index (χ2v) is 7.26. The van der Waals surface area contributed by atoms with Crippen LogP contribution in [0.4, 0.5) is 0 Å². The molecule has 3 nitrogen and oxygen atoms in total. The number of methoxy groups -OCH3 is 1. The van der Waals surface area contributed by atoms with E-state index in [1.807, 2.05) is 13.8 Å². The minimum absolute atomic E-state index is 0.00556. The monoisotopic (exact) mass is 330 g/mol. The van der Waals surface area contributed by atoms with E-state index in [-0.39, 0.29) is 5.78 Å². The summed E-state index contributed by atoms with van der Waals surface area (Å²) in [5.74, 6) is 1.53. The van der Waals surface area contributed by atoms with Crippen LogP contribution in [0.5, 0.6) is 5.75 Å². The Morgan fingerprint density at radius 2 is 1.70 bits per heavy atom. The molecule has 4 heteroatoms. The third-order valence-corrected chi connectivity index (χ3v) is 4.90. The molecule has 122 valence electrons. The van der Waals surface area contributed by atoms with E-state index < -0.39 is 10.8 Å². The topological polar surface area (TPSA) is 43.4 Å². The Balaban J connectivity index is 2.19. The summed E-state index contributed by atoms with van der Waals surface area (Å²) < 4.78 is 17.8. The lowest BCUT2D eigenvalue weighted by molar-refractivity contribution is 0.101. The highest BCUT2D eigenvalue weighted by molar-refractivity contribution is 7.83. The van der Waals surface area contributed by atoms with Gasteiger partial charge < -0.3 is 4.74 Å². The largest absolute Gasteiger partial charge is 0.496 e. The number of carbonyl (C=O) groups is 1. The van der Waals surface area contributed by atoms with Crippen molar-refractivity contribution in [1.29, 1.82) is 0 Å². The smallest absolute Gasteiger partial charge is 0.159 e. The van der Waals surface area contributed by atoms with Gasteiger partial charge in [0.15, 0.2) is 5.78 Å². The molecule has 0 fully saturated rings. The van der Waals surface area contributed by atoms with Crippen molar-refractivity contribution in [3.05, 3.63) is 64.2 Å². The fraction of sp³-hybridized carbons (Fsp3) is 0.316. The predicted molar refractivity (Wildman–Crippen MR) is 94.5 cm³/mol. The lowest BCUT2D eigenvalue weighted by Crippen LogP contribution is -2.04. The van der Waals surface area contributed by atoms with Crippen LogP contribution in [0.25, 0.3) is 0 Å². The predicted octanol–water partition coefficient (Wildman–Crippen LogP) is 3.96. The first-order valence-corrected chi connectivity index (χ1v) is 8.98. The van der Waals surface area contributed by atoms with Gasteiger partial charge in [0.05, 0.1) is 12.9 Å². The summed E-state index contributed by atoms with van der Waals surface area (Å²) >= 11 is 0. The van der Waals surface area contributed by atoms with Gasteiger partial charge in [-0.1, -0.05) is 29.3 Å². The van der Waals surface area contributed by atoms with Gasteiger partial charge in [-0.25, -0.2) is 0 Å². The summed E-state index contributed by atoms with van der Waals surface area (Å²) in [6.45, 7) is 5.61. The van der Waals surface area contributed by atoms with Crippen LogP contribution < -0.4 is 4.74 Å². The van der Waals surface area contributed by atoms with E-state index in [1.165, 1.54) is 18.1 Å². The van der Waals surface area contributed by atoms with Gasteiger partial charge in [0, 0.05) is 27.7 Å². The van der Waals surface area contributed by atoms with Crippen molar-refractivity contribution in [1.82, 2.24) is 0 Å². The lowest BCUT2D eigenvalue weighted by atomic mass is 10.1. The standard InChI is InChI=1S/C19H22O3S/c1-13-7-14(2)9-16(8-13)11-23(21)12-18-10-17(15(3)20)5-6-19(18)22-4/h5-10H,11-12H2,1-4H3. The van der Waals surface area contributed by atoms with Crippen molar-refractivity contribution in [3.63, 3.8) is 0 Å². The van der Waals surface area contributed by atoms with Crippen LogP contribution in [-0.2, 0) is 22.3 Å². The van der Waals surface area contributed by atoms with Gasteiger partial charge in [-0.3, -0.25) is 9.00 Å². The number of carbonyl (C=O) groups excluding carboxylic acids is 1. The van der Waals surface area contributed by atoms with Gasteiger partial charge in [0.2, 0.25) is 0 Å². The summed E-state index contributed by atoms with van der Waals surface area (Å²) in [7, 11) is 0.519. The number of rotatable bonds is 6. The molecule has 0 N–H and O–H groups in total. The number of benzene rings is 2. The van der Waals surface area contributed by atoms with Gasteiger partial charge in [-0.15, -0.1) is 0 Å². The summed E-state index contributed by atoms with van der Waals surface area (Å²) in [5.41, 5.74) is 4.84. The molecule has 2 aromatic carbocycles. The van der Waals surface area contributed by atoms with Crippen molar-refractivity contribution >= 4 is 16.6 Å². The molecule has 23 heavy (non-hydrogen) atoms. The molecule has 0 bridgehead atoms. The molecule has 0 amide bonds. The Hall–Kier alpha value is -1.94. The average molecular weight is 330 g/mol. The van der Waals surface area contributed by atoms with Crippen LogP contribution in [0, 0.1) is 13.8 Å². The second kappa shape index (κ2) is 7.55. The SMILES string of the molecule is COc1ccc(C(C)=O)cc1CS(=O)Cc1cc(C)cc(C)c1. The molecule has 1 unspecified atom stereocenters. The summed E-state index contributed by atoms with van der Waals surface area (Å²) in [5, 5.41) is 0. The molecule has 0 spiro atoms. The second-order valence-electron chi connectivity index (χ2n) is 5.81. The van der Waals surface area contributed by atoms with Gasteiger partial charge in [0.25, 0.3) is 0 Å². The number of ketones is 1. The fourth-order valence-corrected chi connectivity index (χ4v) is 3.89. The third kappa shape index (κ3) is 4.76. The van der Waals surface area contributed by atoms with Crippen LogP contribution in [-0.4, -0.2) is 17.1 Å². The van der Waals surface area contributed by atoms with Crippen LogP contribution in [0.1, 0.15) is 39.5 Å². The molecular formula is C19H22O3S. The zero-order valence-corrected chi connectivity index (χ0v) is 14.8. The Kier molecular flexibility index (Phi) is 5.72. The minimum atomic E-state index is -1.06. The van der Waals surface area contributed by atoms with Crippen LogP contribution in [0.15, 0.2) is 36.4 Å². The van der Waals surface area contributed by atoms with Crippen molar-refractivity contribution in [2.45, 2.75) is 32.3 Å². The normalized spacial score (nSPS) is 12.0. The number of Topliss-reactive ketones (excluding diaryl/α,β-unsaturated/α-hetero) is 1. The third-order valence-electron chi connectivity index (χ3n) is 3.61. The molecule has 1 atom stereocenters. The van der Waals surface area contributed by atoms with Gasteiger partial charge in [-0.2, -0.15) is 0 Å². The molecule has 0 aromatic heterocycles. The van der Waals surface area contributed by atoms with Gasteiger partial charge >= 0.3 is 0 Å². The maximum Gasteiger partial charge on any atom is 0.159 e. The average Bonchev–Trinajstić information content (AvgIpc) is 2.45. The summed E-state index contributed by atoms with van der Waals surface area (Å²) in [6, 6.07) is 11.5. The highest BCUT2D eigenvalue weighted by atomic mass is 32.2. The van der Waals surface area contributed by atoms with Crippen molar-refractivity contribution in [2.24, 2.45) is 0 Å². The van der Waals surface area contributed by atoms with Crippen molar-refractivity contribution in [3.8, 4) is 5.75 Å². The first-order valence-electron chi connectivity index (χ1n) is 7.49. The Bertz CT molecular complexity index is 730. The Morgan fingerprint density at radius 3 is 2.26 bits per heavy atom. The van der Waals surface area contributed by atoms with E-state index in [4.69, 9.17) is 4.74 Å². The number of hydrogen-bond donors (Lipinski definition) is 0. The van der Waals surface area contributed by atoms with Crippen LogP contribution >= 0.6 is 0 Å². The Labute approximate surface area is 140 Å². The highest BCUT2D eigenvalue weighted by Gasteiger charge is 2.11. The zero-order chi connectivity index (χ0) is 17.0. The molecule has 0 heterocycles. The maximum atomic E-state index is 12.5. The van der Waals surface area contributed by atoms with E-state index in [9.17, 15) is 9.00 Å². The zero-order valence-electron chi connectivity index (χ0n) is 14.0.